The zero-order valence-electron chi connectivity index (χ0n) is 60.4. The van der Waals surface area contributed by atoms with E-state index in [1.807, 2.05) is 0 Å². The first-order chi connectivity index (χ1) is 52.8. The lowest BCUT2D eigenvalue weighted by Gasteiger charge is -2.61. The van der Waals surface area contributed by atoms with Crippen LogP contribution in [0.3, 0.4) is 0 Å². The molecule has 0 aromatic carbocycles. The van der Waals surface area contributed by atoms with Gasteiger partial charge in [0.05, 0.1) is 70.7 Å². The van der Waals surface area contributed by atoms with Crippen LogP contribution in [0.1, 0.15) is 125 Å². The molecule has 13 N–H and O–H groups in total. The zero-order chi connectivity index (χ0) is 82.3. The third kappa shape index (κ3) is 26.1. The highest BCUT2D eigenvalue weighted by molar-refractivity contribution is 7.81. The van der Waals surface area contributed by atoms with Crippen LogP contribution in [0.5, 0.6) is 0 Å². The largest absolute Gasteiger partial charge is 0.397 e. The van der Waals surface area contributed by atoms with E-state index < -0.39 is 227 Å². The fourth-order valence-corrected chi connectivity index (χ4v) is 20.3. The Balaban J connectivity index is 1.08. The van der Waals surface area contributed by atoms with Gasteiger partial charge < -0.3 is 33.2 Å². The lowest BCUT2D eigenvalue weighted by atomic mass is 9.44. The Morgan fingerprint density at radius 3 is 1.55 bits per heavy atom. The van der Waals surface area contributed by atoms with Crippen molar-refractivity contribution in [3.8, 4) is 0 Å². The molecule has 56 heteroatoms. The van der Waals surface area contributed by atoms with Crippen LogP contribution in [0, 0.1) is 70.0 Å². The van der Waals surface area contributed by atoms with Crippen molar-refractivity contribution in [1.82, 2.24) is 0 Å². The SMILES string of the molecule is CC(C)CCC[C@@H](C)[C@H]1CCC2C3CCC4C[C@@H](C[C@@H]5OCC(COS(=O)(=O)O)[C@@H](OC[C@H]6OC(COS(=O)(=O)O)[C@@H](O[C@H]7OC(COS(=O)(=O)O)[C@@H](CO[C@H]8OC(COS(=O)(=O)O)C[C@@H](OOO)C(OOO)[C@@H]8OOO)C(OOO)[C@@H]7OOO)[C@H](OOO)C6OOO)[C@H](OOO)C5OS(=O)(=O)O)CC[C@]4(C)C3CC[C@@]21C. The quantitative estimate of drug-likeness (QED) is 0.0237. The molecule has 0 amide bonds. The first kappa shape index (κ1) is 95.6. The molecule has 4 aliphatic heterocycles. The number of hydrogen-bond donors (Lipinski definition) is 13. The van der Waals surface area contributed by atoms with Gasteiger partial charge in [-0.1, -0.05) is 94.2 Å². The molecule has 8 aliphatic rings. The van der Waals surface area contributed by atoms with E-state index in [4.69, 9.17) is 75.7 Å². The molecule has 112 heavy (non-hydrogen) atoms. The molecule has 29 atom stereocenters. The summed E-state index contributed by atoms with van der Waals surface area (Å²) in [7, 11) is -27.6. The first-order valence-electron chi connectivity index (χ1n) is 35.1. The summed E-state index contributed by atoms with van der Waals surface area (Å²) in [5.41, 5.74) is 0.132. The van der Waals surface area contributed by atoms with E-state index in [-0.39, 0.29) is 29.1 Å². The van der Waals surface area contributed by atoms with Gasteiger partial charge in [0.15, 0.2) is 49.2 Å². The second kappa shape index (κ2) is 42.6. The molecule has 4 saturated heterocycles. The molecule has 0 spiro atoms. The van der Waals surface area contributed by atoms with E-state index in [1.165, 1.54) is 32.1 Å². The van der Waals surface area contributed by atoms with Gasteiger partial charge in [-0.2, -0.15) is 81.2 Å². The van der Waals surface area contributed by atoms with E-state index in [2.05, 4.69) is 92.4 Å². The second-order valence-corrected chi connectivity index (χ2v) is 35.1. The number of fused-ring (bicyclic) bond motifs is 5. The zero-order valence-corrected chi connectivity index (χ0v) is 64.5. The van der Waals surface area contributed by atoms with Gasteiger partial charge in [0.2, 0.25) is 0 Å². The van der Waals surface area contributed by atoms with Crippen LogP contribution in [0.25, 0.3) is 0 Å². The maximum Gasteiger partial charge on any atom is 0.397 e. The van der Waals surface area contributed by atoms with Crippen LogP contribution in [0.15, 0.2) is 0 Å². The van der Waals surface area contributed by atoms with Gasteiger partial charge in [-0.05, 0) is 122 Å². The average Bonchev–Trinajstić information content (AvgIpc) is 1.44. The highest BCUT2D eigenvalue weighted by Gasteiger charge is 2.63. The maximum absolute atomic E-state index is 13.0. The maximum atomic E-state index is 13.0. The molecule has 4 saturated carbocycles. The minimum atomic E-state index is -5.65. The molecule has 4 heterocycles. The summed E-state index contributed by atoms with van der Waals surface area (Å²) < 4.78 is 238. The predicted molar refractivity (Wildman–Crippen MR) is 344 cm³/mol. The van der Waals surface area contributed by atoms with E-state index >= 15 is 0 Å². The van der Waals surface area contributed by atoms with Crippen molar-refractivity contribution in [1.29, 1.82) is 0 Å². The van der Waals surface area contributed by atoms with Gasteiger partial charge in [0.25, 0.3) is 0 Å². The van der Waals surface area contributed by atoms with Crippen molar-refractivity contribution < 1.29 is 240 Å². The first-order valence-corrected chi connectivity index (χ1v) is 41.9. The molecule has 0 radical (unpaired) electrons. The third-order valence-corrected chi connectivity index (χ3v) is 25.3. The Kier molecular flexibility index (Phi) is 36.3. The highest BCUT2D eigenvalue weighted by Crippen LogP contribution is 2.69. The summed E-state index contributed by atoms with van der Waals surface area (Å²) in [6.45, 7) is 2.97. The van der Waals surface area contributed by atoms with Crippen LogP contribution < -0.4 is 0 Å². The Labute approximate surface area is 640 Å². The van der Waals surface area contributed by atoms with Gasteiger partial charge in [0.1, 0.15) is 36.6 Å². The summed E-state index contributed by atoms with van der Waals surface area (Å²) >= 11 is 0. The molecule has 51 nitrogen and oxygen atoms in total. The lowest BCUT2D eigenvalue weighted by Crippen LogP contribution is -2.66. The van der Waals surface area contributed by atoms with Crippen LogP contribution in [-0.4, -0.2) is 263 Å². The fourth-order valence-electron chi connectivity index (χ4n) is 18.5. The van der Waals surface area contributed by atoms with Gasteiger partial charge in [0, 0.05) is 18.3 Å². The molecule has 12 unspecified atom stereocenters. The standard InChI is InChI=1S/C56H98O51S5/c1-27(2)7-6-8-28(3)35-11-12-36-33-10-9-31-17-29(13-15-55(31,4)37(33)14-16-56(35,36)5)18-38-48(99-112(77,78)79)49(95-104-61)43(30(20-80-38)21-83-108(65,66)67)81-24-41-47(94-103-60)50(96-105-62)45(42(88-41)26-86-111(74,75)76)90-54-51(97-106-63)44(92-101-58)34(40(89-54)25-85-110(71,72)73)23-82-53-52(98-107-64)46(93-102-59)39(91-100-57)19-32(87-53)22-84-109(68,69)70/h27-54,57-64H,6-26H2,1-5H3,(H,65,66,67)(H,68,69,70)(H,71,72,73)(H,74,75,76)(H,77,78,79)/t28-,29+,30?,31?,32?,33?,34-,35-,36?,37?,38+,39-,40?,41-,42?,43-,44?,45-,46?,47?,48?,49+,50+,51+,52+,53+,54-,55+,56-/m1/s1. The molecule has 8 rings (SSSR count). The van der Waals surface area contributed by atoms with Crippen molar-refractivity contribution in [2.24, 2.45) is 70.0 Å². The van der Waals surface area contributed by atoms with Crippen molar-refractivity contribution in [2.75, 3.05) is 46.2 Å². The molecule has 0 aromatic rings. The minimum absolute atomic E-state index is 0.0660. The minimum Gasteiger partial charge on any atom is -0.375 e. The molecular formula is C56H98O51S5. The monoisotopic (exact) mass is 1750 g/mol. The smallest absolute Gasteiger partial charge is 0.375 e. The van der Waals surface area contributed by atoms with Crippen molar-refractivity contribution in [3.63, 3.8) is 0 Å². The highest BCUT2D eigenvalue weighted by atomic mass is 32.3. The Bertz CT molecular complexity index is 3430. The van der Waals surface area contributed by atoms with Gasteiger partial charge in [-0.3, -0.25) is 22.8 Å². The van der Waals surface area contributed by atoms with Crippen LogP contribution >= 0.6 is 0 Å². The van der Waals surface area contributed by atoms with Gasteiger partial charge in [-0.15, -0.1) is 0 Å². The van der Waals surface area contributed by atoms with Gasteiger partial charge >= 0.3 is 52.0 Å². The van der Waals surface area contributed by atoms with E-state index in [1.54, 1.807) is 0 Å². The average molecular weight is 1750 g/mol. The summed E-state index contributed by atoms with van der Waals surface area (Å²) in [6.07, 6.45) is -29.3. The summed E-state index contributed by atoms with van der Waals surface area (Å²) in [4.78, 5) is 39.5. The van der Waals surface area contributed by atoms with E-state index in [0.29, 0.717) is 48.3 Å². The van der Waals surface area contributed by atoms with Crippen molar-refractivity contribution in [3.05, 3.63) is 0 Å². The van der Waals surface area contributed by atoms with Crippen molar-refractivity contribution >= 4 is 52.0 Å². The third-order valence-electron chi connectivity index (χ3n) is 23.1. The Hall–Kier alpha value is -1.89. The van der Waals surface area contributed by atoms with E-state index in [9.17, 15) is 107 Å². The number of ether oxygens (including phenoxy) is 7. The fraction of sp³-hybridized carbons (Fsp3) is 1.00. The van der Waals surface area contributed by atoms with Crippen LogP contribution in [0.4, 0.5) is 0 Å². The second-order valence-electron chi connectivity index (χ2n) is 29.7. The summed E-state index contributed by atoms with van der Waals surface area (Å²) in [6, 6.07) is 0. The number of hydrogen-bond acceptors (Lipinski definition) is 46. The molecule has 0 aromatic heterocycles. The normalized spacial score (nSPS) is 38.9. The van der Waals surface area contributed by atoms with E-state index in [0.717, 1.165) is 32.1 Å². The molecule has 8 fully saturated rings. The summed E-state index contributed by atoms with van der Waals surface area (Å²) in [5.74, 6) is -0.478. The van der Waals surface area contributed by atoms with Crippen LogP contribution in [-0.2, 0) is 185 Å². The Morgan fingerprint density at radius 2 is 0.955 bits per heavy atom. The van der Waals surface area contributed by atoms with Crippen LogP contribution in [0.2, 0.25) is 0 Å². The van der Waals surface area contributed by atoms with Gasteiger partial charge in [-0.25, -0.2) is 63.0 Å². The molecule has 4 aliphatic carbocycles. The topological polar surface area (TPSA) is 692 Å². The lowest BCUT2D eigenvalue weighted by molar-refractivity contribution is -0.578. The predicted octanol–water partition coefficient (Wildman–Crippen LogP) is 2.92. The molecular weight excluding hydrogens is 1650 g/mol. The molecule has 0 bridgehead atoms. The van der Waals surface area contributed by atoms with Crippen molar-refractivity contribution in [2.45, 2.75) is 235 Å². The molecule has 658 valence electrons. The Morgan fingerprint density at radius 1 is 0.429 bits per heavy atom. The number of rotatable bonds is 45. The summed E-state index contributed by atoms with van der Waals surface area (Å²) in [5, 5.41) is 109.